The first-order valence-electron chi connectivity index (χ1n) is 10.1. The number of aromatic nitrogens is 1. The van der Waals surface area contributed by atoms with E-state index in [1.54, 1.807) is 24.3 Å². The second-order valence-electron chi connectivity index (χ2n) is 7.28. The van der Waals surface area contributed by atoms with Crippen molar-refractivity contribution in [1.29, 1.82) is 0 Å². The summed E-state index contributed by atoms with van der Waals surface area (Å²) in [7, 11) is -3.48. The first kappa shape index (κ1) is 22.8. The molecule has 0 aliphatic carbocycles. The van der Waals surface area contributed by atoms with Gasteiger partial charge in [0.05, 0.1) is 17.3 Å². The van der Waals surface area contributed by atoms with Gasteiger partial charge in [0, 0.05) is 29.9 Å². The molecule has 4 rings (SSSR count). The number of hydrogen-bond acceptors (Lipinski definition) is 6. The molecule has 168 valence electrons. The summed E-state index contributed by atoms with van der Waals surface area (Å²) >= 11 is 7.15. The lowest BCUT2D eigenvalue weighted by atomic mass is 10.2. The Morgan fingerprint density at radius 1 is 1.09 bits per heavy atom. The monoisotopic (exact) mass is 491 g/mol. The van der Waals surface area contributed by atoms with Crippen LogP contribution < -0.4 is 5.32 Å². The molecule has 0 radical (unpaired) electrons. The highest BCUT2D eigenvalue weighted by Crippen LogP contribution is 2.24. The number of rotatable bonds is 8. The summed E-state index contributed by atoms with van der Waals surface area (Å²) in [6.45, 7) is 1.37. The molecular formula is C22H22ClN3O4S2. The van der Waals surface area contributed by atoms with E-state index in [9.17, 15) is 13.2 Å². The Balaban J connectivity index is 1.26. The number of carbonyl (C=O) groups is 1. The van der Waals surface area contributed by atoms with E-state index in [2.05, 4.69) is 10.3 Å². The Morgan fingerprint density at radius 2 is 1.84 bits per heavy atom. The van der Waals surface area contributed by atoms with Crippen LogP contribution in [0.2, 0.25) is 5.02 Å². The number of nitrogens with one attached hydrogen (secondary N) is 1. The molecule has 3 heterocycles. The Labute approximate surface area is 196 Å². The first-order valence-corrected chi connectivity index (χ1v) is 12.9. The number of thioether (sulfide) groups is 1. The minimum absolute atomic E-state index is 0.163. The second kappa shape index (κ2) is 10.1. The number of furan rings is 1. The van der Waals surface area contributed by atoms with Gasteiger partial charge in [0.25, 0.3) is 0 Å². The van der Waals surface area contributed by atoms with Crippen LogP contribution in [-0.4, -0.2) is 42.5 Å². The Bertz CT molecular complexity index is 1170. The van der Waals surface area contributed by atoms with Crippen molar-refractivity contribution >= 4 is 39.3 Å². The zero-order valence-electron chi connectivity index (χ0n) is 17.2. The van der Waals surface area contributed by atoms with Gasteiger partial charge in [0.1, 0.15) is 16.4 Å². The van der Waals surface area contributed by atoms with Crippen molar-refractivity contribution in [2.45, 2.75) is 29.3 Å². The molecule has 32 heavy (non-hydrogen) atoms. The van der Waals surface area contributed by atoms with Crippen molar-refractivity contribution in [3.63, 3.8) is 0 Å². The standard InChI is InChI=1S/C22H22ClN3O4S2/c23-17-5-3-16(4-6-17)20-9-7-18(30-20)13-24-21(27)15-31-22-10-8-19(14-25-22)32(28,29)26-11-1-2-12-26/h3-10,14H,1-2,11-13,15H2,(H,24,27). The van der Waals surface area contributed by atoms with Crippen molar-refractivity contribution in [3.05, 3.63) is 65.5 Å². The third-order valence-corrected chi connectivity index (χ3v) is 8.09. The minimum Gasteiger partial charge on any atom is -0.459 e. The zero-order chi connectivity index (χ0) is 22.6. The van der Waals surface area contributed by atoms with Crippen LogP contribution in [0.15, 0.2) is 69.1 Å². The van der Waals surface area contributed by atoms with Crippen LogP contribution in [0.25, 0.3) is 11.3 Å². The van der Waals surface area contributed by atoms with E-state index in [1.807, 2.05) is 24.3 Å². The summed E-state index contributed by atoms with van der Waals surface area (Å²) in [6, 6.07) is 14.2. The van der Waals surface area contributed by atoms with Crippen LogP contribution in [0, 0.1) is 0 Å². The van der Waals surface area contributed by atoms with Crippen LogP contribution in [-0.2, 0) is 21.4 Å². The maximum atomic E-state index is 12.5. The molecule has 0 spiro atoms. The fraction of sp³-hybridized carbons (Fsp3) is 0.273. The van der Waals surface area contributed by atoms with Crippen LogP contribution in [0.3, 0.4) is 0 Å². The average Bonchev–Trinajstić information content (AvgIpc) is 3.50. The highest BCUT2D eigenvalue weighted by molar-refractivity contribution is 7.99. The van der Waals surface area contributed by atoms with E-state index in [0.29, 0.717) is 34.7 Å². The first-order chi connectivity index (χ1) is 15.4. The molecule has 1 amide bonds. The van der Waals surface area contributed by atoms with Crippen molar-refractivity contribution in [3.8, 4) is 11.3 Å². The topological polar surface area (TPSA) is 92.5 Å². The Morgan fingerprint density at radius 3 is 2.53 bits per heavy atom. The van der Waals surface area contributed by atoms with Gasteiger partial charge in [-0.1, -0.05) is 23.4 Å². The molecule has 2 aromatic heterocycles. The van der Waals surface area contributed by atoms with Crippen molar-refractivity contribution in [1.82, 2.24) is 14.6 Å². The number of hydrogen-bond donors (Lipinski definition) is 1. The number of pyridine rings is 1. The van der Waals surface area contributed by atoms with Gasteiger partial charge < -0.3 is 9.73 Å². The maximum Gasteiger partial charge on any atom is 0.244 e. The molecule has 10 heteroatoms. The SMILES string of the molecule is O=C(CSc1ccc(S(=O)(=O)N2CCCC2)cn1)NCc1ccc(-c2ccc(Cl)cc2)o1. The van der Waals surface area contributed by atoms with Gasteiger partial charge in [-0.2, -0.15) is 4.31 Å². The van der Waals surface area contributed by atoms with Crippen LogP contribution >= 0.6 is 23.4 Å². The second-order valence-corrected chi connectivity index (χ2v) is 10.7. The average molecular weight is 492 g/mol. The lowest BCUT2D eigenvalue weighted by molar-refractivity contribution is -0.118. The van der Waals surface area contributed by atoms with Gasteiger partial charge in [0.2, 0.25) is 15.9 Å². The molecule has 0 atom stereocenters. The number of amides is 1. The smallest absolute Gasteiger partial charge is 0.244 e. The zero-order valence-corrected chi connectivity index (χ0v) is 19.5. The van der Waals surface area contributed by atoms with Crippen LogP contribution in [0.1, 0.15) is 18.6 Å². The lowest BCUT2D eigenvalue weighted by Crippen LogP contribution is -2.27. The number of carbonyl (C=O) groups excluding carboxylic acids is 1. The quantitative estimate of drug-likeness (QED) is 0.475. The molecule has 1 N–H and O–H groups in total. The number of halogens is 1. The molecule has 1 aliphatic rings. The fourth-order valence-corrected chi connectivity index (χ4v) is 5.56. The van der Waals surface area contributed by atoms with E-state index in [0.717, 1.165) is 18.4 Å². The third kappa shape index (κ3) is 5.53. The predicted molar refractivity (Wildman–Crippen MR) is 124 cm³/mol. The highest BCUT2D eigenvalue weighted by Gasteiger charge is 2.27. The molecular weight excluding hydrogens is 470 g/mol. The summed E-state index contributed by atoms with van der Waals surface area (Å²) in [5.41, 5.74) is 0.906. The van der Waals surface area contributed by atoms with Crippen molar-refractivity contribution < 1.29 is 17.6 Å². The normalized spacial score (nSPS) is 14.5. The number of sulfonamides is 1. The van der Waals surface area contributed by atoms with E-state index in [4.69, 9.17) is 16.0 Å². The van der Waals surface area contributed by atoms with E-state index in [-0.39, 0.29) is 23.1 Å². The van der Waals surface area contributed by atoms with Gasteiger partial charge in [-0.3, -0.25) is 4.79 Å². The summed E-state index contributed by atoms with van der Waals surface area (Å²) in [5, 5.41) is 4.05. The van der Waals surface area contributed by atoms with Crippen molar-refractivity contribution in [2.24, 2.45) is 0 Å². The number of benzene rings is 1. The van der Waals surface area contributed by atoms with Crippen LogP contribution in [0.5, 0.6) is 0 Å². The molecule has 3 aromatic rings. The maximum absolute atomic E-state index is 12.5. The summed E-state index contributed by atoms with van der Waals surface area (Å²) in [4.78, 5) is 16.6. The third-order valence-electron chi connectivity index (χ3n) is 5.01. The van der Waals surface area contributed by atoms with Gasteiger partial charge in [-0.15, -0.1) is 0 Å². The highest BCUT2D eigenvalue weighted by atomic mass is 35.5. The predicted octanol–water partition coefficient (Wildman–Crippen LogP) is 4.19. The molecule has 1 aromatic carbocycles. The summed E-state index contributed by atoms with van der Waals surface area (Å²) in [6.07, 6.45) is 3.13. The molecule has 1 saturated heterocycles. The molecule has 0 saturated carbocycles. The van der Waals surface area contributed by atoms with Gasteiger partial charge in [0.15, 0.2) is 0 Å². The Kier molecular flexibility index (Phi) is 7.20. The van der Waals surface area contributed by atoms with E-state index < -0.39 is 10.0 Å². The summed E-state index contributed by atoms with van der Waals surface area (Å²) in [5.74, 6) is 1.34. The molecule has 7 nitrogen and oxygen atoms in total. The van der Waals surface area contributed by atoms with E-state index in [1.165, 1.54) is 22.3 Å². The van der Waals surface area contributed by atoms with Gasteiger partial charge in [-0.05, 0) is 61.4 Å². The number of nitrogens with zero attached hydrogens (tertiary/aromatic N) is 2. The molecule has 1 fully saturated rings. The van der Waals surface area contributed by atoms with E-state index >= 15 is 0 Å². The van der Waals surface area contributed by atoms with Crippen molar-refractivity contribution in [2.75, 3.05) is 18.8 Å². The molecule has 1 aliphatic heterocycles. The van der Waals surface area contributed by atoms with Gasteiger partial charge in [-0.25, -0.2) is 13.4 Å². The largest absolute Gasteiger partial charge is 0.459 e. The van der Waals surface area contributed by atoms with Crippen LogP contribution in [0.4, 0.5) is 0 Å². The Hall–Kier alpha value is -2.33. The molecule has 0 unspecified atom stereocenters. The lowest BCUT2D eigenvalue weighted by Gasteiger charge is -2.15. The molecule has 0 bridgehead atoms. The fourth-order valence-electron chi connectivity index (χ4n) is 3.30. The minimum atomic E-state index is -3.48. The van der Waals surface area contributed by atoms with Gasteiger partial charge >= 0.3 is 0 Å². The summed E-state index contributed by atoms with van der Waals surface area (Å²) < 4.78 is 32.3.